The molecule has 4 heteroatoms. The third-order valence-corrected chi connectivity index (χ3v) is 5.07. The van der Waals surface area contributed by atoms with Gasteiger partial charge in [0.2, 0.25) is 0 Å². The maximum atomic E-state index is 4.80. The maximum Gasteiger partial charge on any atom is 0.127 e. The fourth-order valence-electron chi connectivity index (χ4n) is 3.90. The van der Waals surface area contributed by atoms with E-state index in [-0.39, 0.29) is 0 Å². The second-order valence-corrected chi connectivity index (χ2v) is 6.55. The number of nitrogens with zero attached hydrogens (tertiary/aromatic N) is 3. The summed E-state index contributed by atoms with van der Waals surface area (Å²) in [6.45, 7) is 4.51. The molecule has 2 aliphatic rings. The largest absolute Gasteiger partial charge is 0.370 e. The molecule has 0 aliphatic carbocycles. The number of nitrogens with one attached hydrogen (secondary N) is 1. The first-order valence-corrected chi connectivity index (χ1v) is 8.37. The van der Waals surface area contributed by atoms with Crippen LogP contribution in [0.3, 0.4) is 0 Å². The van der Waals surface area contributed by atoms with E-state index in [4.69, 9.17) is 5.10 Å². The molecule has 3 heterocycles. The van der Waals surface area contributed by atoms with E-state index >= 15 is 0 Å². The maximum absolute atomic E-state index is 4.80. The molecule has 1 N–H and O–H groups in total. The van der Waals surface area contributed by atoms with Gasteiger partial charge in [-0.1, -0.05) is 30.3 Å². The summed E-state index contributed by atoms with van der Waals surface area (Å²) in [5.74, 6) is 1.89. The molecule has 2 aliphatic heterocycles. The van der Waals surface area contributed by atoms with Crippen LogP contribution in [0.1, 0.15) is 35.6 Å². The summed E-state index contributed by atoms with van der Waals surface area (Å²) in [5.41, 5.74) is 4.26. The molecule has 116 valence electrons. The Morgan fingerprint density at radius 1 is 1.18 bits per heavy atom. The van der Waals surface area contributed by atoms with Crippen molar-refractivity contribution in [1.82, 2.24) is 14.7 Å². The fraction of sp³-hybridized carbons (Fsp3) is 0.500. The lowest BCUT2D eigenvalue weighted by atomic mass is 9.90. The molecule has 4 nitrogen and oxygen atoms in total. The van der Waals surface area contributed by atoms with Crippen LogP contribution in [0, 0.1) is 0 Å². The standard InChI is InChI=1S/C18H24N4/c1-21-18-16(7-10-19-18)17(20-21)15-8-11-22(12-9-15)13-14-5-3-2-4-6-14/h2-6,15,19H,7-13H2,1H3. The summed E-state index contributed by atoms with van der Waals surface area (Å²) in [4.78, 5) is 2.58. The first-order chi connectivity index (χ1) is 10.8. The lowest BCUT2D eigenvalue weighted by molar-refractivity contribution is 0.202. The van der Waals surface area contributed by atoms with Crippen LogP contribution in [0.25, 0.3) is 0 Å². The van der Waals surface area contributed by atoms with Crippen LogP contribution in [0.2, 0.25) is 0 Å². The molecule has 22 heavy (non-hydrogen) atoms. The van der Waals surface area contributed by atoms with Gasteiger partial charge >= 0.3 is 0 Å². The molecule has 2 aromatic rings. The molecule has 4 rings (SSSR count). The van der Waals surface area contributed by atoms with E-state index in [1.165, 1.54) is 48.6 Å². The lowest BCUT2D eigenvalue weighted by Gasteiger charge is -2.31. The van der Waals surface area contributed by atoms with Crippen molar-refractivity contribution in [1.29, 1.82) is 0 Å². The van der Waals surface area contributed by atoms with Crippen LogP contribution < -0.4 is 5.32 Å². The number of anilines is 1. The highest BCUT2D eigenvalue weighted by Crippen LogP contribution is 2.35. The highest BCUT2D eigenvalue weighted by Gasteiger charge is 2.28. The molecular weight excluding hydrogens is 272 g/mol. The number of aryl methyl sites for hydroxylation is 1. The number of hydrogen-bond acceptors (Lipinski definition) is 3. The molecule has 0 saturated carbocycles. The average molecular weight is 296 g/mol. The van der Waals surface area contributed by atoms with Gasteiger partial charge in [-0.3, -0.25) is 9.58 Å². The Bertz CT molecular complexity index is 639. The van der Waals surface area contributed by atoms with Crippen molar-refractivity contribution in [2.75, 3.05) is 25.0 Å². The Kier molecular flexibility index (Phi) is 3.62. The summed E-state index contributed by atoms with van der Waals surface area (Å²) in [7, 11) is 2.06. The number of benzene rings is 1. The predicted octanol–water partition coefficient (Wildman–Crippen LogP) is 2.77. The third kappa shape index (κ3) is 2.52. The van der Waals surface area contributed by atoms with Gasteiger partial charge in [0.15, 0.2) is 0 Å². The molecular formula is C18H24N4. The quantitative estimate of drug-likeness (QED) is 0.945. The SMILES string of the molecule is Cn1nc(C2CCN(Cc3ccccc3)CC2)c2c1NCC2. The van der Waals surface area contributed by atoms with Gasteiger partial charge < -0.3 is 5.32 Å². The summed E-state index contributed by atoms with van der Waals surface area (Å²) in [5, 5.41) is 8.26. The number of likely N-dealkylation sites (tertiary alicyclic amines) is 1. The zero-order chi connectivity index (χ0) is 14.9. The first-order valence-electron chi connectivity index (χ1n) is 8.37. The molecule has 0 amide bonds. The highest BCUT2D eigenvalue weighted by atomic mass is 15.3. The smallest absolute Gasteiger partial charge is 0.127 e. The number of fused-ring (bicyclic) bond motifs is 1. The van der Waals surface area contributed by atoms with E-state index in [9.17, 15) is 0 Å². The van der Waals surface area contributed by atoms with Crippen molar-refractivity contribution in [3.05, 3.63) is 47.2 Å². The summed E-state index contributed by atoms with van der Waals surface area (Å²) < 4.78 is 2.04. The van der Waals surface area contributed by atoms with E-state index in [0.717, 1.165) is 19.5 Å². The van der Waals surface area contributed by atoms with Crippen LogP contribution in [-0.4, -0.2) is 34.3 Å². The minimum Gasteiger partial charge on any atom is -0.370 e. The minimum absolute atomic E-state index is 0.641. The van der Waals surface area contributed by atoms with E-state index in [1.54, 1.807) is 0 Å². The van der Waals surface area contributed by atoms with Gasteiger partial charge in [-0.25, -0.2) is 0 Å². The monoisotopic (exact) mass is 296 g/mol. The fourth-order valence-corrected chi connectivity index (χ4v) is 3.90. The molecule has 1 aromatic heterocycles. The average Bonchev–Trinajstić information content (AvgIpc) is 3.14. The molecule has 0 atom stereocenters. The van der Waals surface area contributed by atoms with Crippen LogP contribution in [-0.2, 0) is 20.0 Å². The molecule has 0 bridgehead atoms. The second-order valence-electron chi connectivity index (χ2n) is 6.55. The number of hydrogen-bond donors (Lipinski definition) is 1. The second kappa shape index (κ2) is 5.76. The van der Waals surface area contributed by atoms with Crippen LogP contribution in [0.4, 0.5) is 5.82 Å². The Balaban J connectivity index is 1.41. The molecule has 1 aromatic carbocycles. The Labute approximate surface area is 132 Å². The van der Waals surface area contributed by atoms with Crippen molar-refractivity contribution in [2.24, 2.45) is 7.05 Å². The zero-order valence-electron chi connectivity index (χ0n) is 13.3. The van der Waals surface area contributed by atoms with Gasteiger partial charge in [0.1, 0.15) is 5.82 Å². The number of piperidine rings is 1. The topological polar surface area (TPSA) is 33.1 Å². The van der Waals surface area contributed by atoms with Gasteiger partial charge in [-0.15, -0.1) is 0 Å². The summed E-state index contributed by atoms with van der Waals surface area (Å²) >= 11 is 0. The highest BCUT2D eigenvalue weighted by molar-refractivity contribution is 5.53. The van der Waals surface area contributed by atoms with Crippen molar-refractivity contribution in [2.45, 2.75) is 31.7 Å². The minimum atomic E-state index is 0.641. The van der Waals surface area contributed by atoms with E-state index in [1.807, 2.05) is 4.68 Å². The van der Waals surface area contributed by atoms with Crippen LogP contribution in [0.15, 0.2) is 30.3 Å². The van der Waals surface area contributed by atoms with Gasteiger partial charge in [0, 0.05) is 31.6 Å². The van der Waals surface area contributed by atoms with Crippen molar-refractivity contribution < 1.29 is 0 Å². The van der Waals surface area contributed by atoms with E-state index < -0.39 is 0 Å². The predicted molar refractivity (Wildman–Crippen MR) is 89.1 cm³/mol. The van der Waals surface area contributed by atoms with Gasteiger partial charge in [0.25, 0.3) is 0 Å². The van der Waals surface area contributed by atoms with E-state index in [0.29, 0.717) is 5.92 Å². The Morgan fingerprint density at radius 3 is 2.73 bits per heavy atom. The third-order valence-electron chi connectivity index (χ3n) is 5.07. The Hall–Kier alpha value is -1.81. The molecule has 0 spiro atoms. The van der Waals surface area contributed by atoms with Gasteiger partial charge in [0.05, 0.1) is 5.69 Å². The number of aromatic nitrogens is 2. The van der Waals surface area contributed by atoms with E-state index in [2.05, 4.69) is 47.6 Å². The molecule has 1 fully saturated rings. The van der Waals surface area contributed by atoms with Crippen molar-refractivity contribution in [3.63, 3.8) is 0 Å². The first kappa shape index (κ1) is 13.8. The summed E-state index contributed by atoms with van der Waals surface area (Å²) in [6.07, 6.45) is 3.61. The number of rotatable bonds is 3. The van der Waals surface area contributed by atoms with Crippen molar-refractivity contribution >= 4 is 5.82 Å². The molecule has 1 saturated heterocycles. The summed E-state index contributed by atoms with van der Waals surface area (Å²) in [6, 6.07) is 10.8. The van der Waals surface area contributed by atoms with Crippen LogP contribution >= 0.6 is 0 Å². The van der Waals surface area contributed by atoms with Gasteiger partial charge in [-0.05, 0) is 37.9 Å². The zero-order valence-corrected chi connectivity index (χ0v) is 13.3. The molecule has 0 unspecified atom stereocenters. The Morgan fingerprint density at radius 2 is 1.95 bits per heavy atom. The van der Waals surface area contributed by atoms with Crippen LogP contribution in [0.5, 0.6) is 0 Å². The van der Waals surface area contributed by atoms with Gasteiger partial charge in [-0.2, -0.15) is 5.10 Å². The molecule has 0 radical (unpaired) electrons. The lowest BCUT2D eigenvalue weighted by Crippen LogP contribution is -2.32. The normalized spacial score (nSPS) is 19.1. The van der Waals surface area contributed by atoms with Crippen molar-refractivity contribution in [3.8, 4) is 0 Å².